The summed E-state index contributed by atoms with van der Waals surface area (Å²) in [6.07, 6.45) is 0. The van der Waals surface area contributed by atoms with Crippen molar-refractivity contribution in [3.05, 3.63) is 65.5 Å². The van der Waals surface area contributed by atoms with Crippen molar-refractivity contribution in [1.82, 2.24) is 10.2 Å². The number of nitrogens with zero attached hydrogens (tertiary/aromatic N) is 2. The normalized spacial score (nSPS) is 19.2. The maximum absolute atomic E-state index is 12.9. The lowest BCUT2D eigenvalue weighted by molar-refractivity contribution is -0.131. The fraction of sp³-hybridized carbons (Fsp3) is 0.211. The maximum atomic E-state index is 12.9. The third-order valence-corrected chi connectivity index (χ3v) is 4.26. The van der Waals surface area contributed by atoms with E-state index in [1.807, 2.05) is 6.07 Å². The Kier molecular flexibility index (Phi) is 4.59. The highest BCUT2D eigenvalue weighted by atomic mass is 19.1. The monoisotopic (exact) mass is 353 g/mol. The van der Waals surface area contributed by atoms with Crippen molar-refractivity contribution in [3.63, 3.8) is 0 Å². The number of imide groups is 1. The molecule has 1 atom stereocenters. The predicted molar refractivity (Wildman–Crippen MR) is 90.6 cm³/mol. The number of hydrogen-bond donors (Lipinski definition) is 1. The highest BCUT2D eigenvalue weighted by Crippen LogP contribution is 2.28. The van der Waals surface area contributed by atoms with Gasteiger partial charge in [0.25, 0.3) is 5.91 Å². The van der Waals surface area contributed by atoms with Crippen LogP contribution in [0.1, 0.15) is 18.1 Å². The Morgan fingerprint density at radius 1 is 1.15 bits per heavy atom. The SMILES string of the molecule is C[C@]1(c2ccc(C#N)cc2)NC(=O)N(CCOc2ccc(F)cc2)C1=O. The molecule has 1 aliphatic heterocycles. The van der Waals surface area contributed by atoms with Gasteiger partial charge < -0.3 is 10.1 Å². The van der Waals surface area contributed by atoms with Crippen molar-refractivity contribution in [2.45, 2.75) is 12.5 Å². The van der Waals surface area contributed by atoms with E-state index in [9.17, 15) is 14.0 Å². The summed E-state index contributed by atoms with van der Waals surface area (Å²) in [4.78, 5) is 26.1. The Hall–Kier alpha value is -3.40. The largest absolute Gasteiger partial charge is 0.492 e. The summed E-state index contributed by atoms with van der Waals surface area (Å²) in [6.45, 7) is 1.78. The standard InChI is InChI=1S/C19H16FN3O3/c1-19(14-4-2-13(12-21)3-5-14)17(24)23(18(25)22-19)10-11-26-16-8-6-15(20)7-9-16/h2-9H,10-11H2,1H3,(H,22,25)/t19-/m1/s1. The lowest BCUT2D eigenvalue weighted by Crippen LogP contribution is -2.41. The average Bonchev–Trinajstić information content (AvgIpc) is 2.87. The molecule has 2 aromatic rings. The molecule has 26 heavy (non-hydrogen) atoms. The lowest BCUT2D eigenvalue weighted by Gasteiger charge is -2.22. The van der Waals surface area contributed by atoms with Gasteiger partial charge in [0.05, 0.1) is 18.2 Å². The molecule has 0 saturated carbocycles. The van der Waals surface area contributed by atoms with Crippen LogP contribution in [0.15, 0.2) is 48.5 Å². The molecule has 1 aliphatic rings. The van der Waals surface area contributed by atoms with E-state index in [1.165, 1.54) is 24.3 Å². The average molecular weight is 353 g/mol. The Bertz CT molecular complexity index is 874. The topological polar surface area (TPSA) is 82.4 Å². The number of ether oxygens (including phenoxy) is 1. The van der Waals surface area contributed by atoms with Crippen LogP contribution in [0.5, 0.6) is 5.75 Å². The van der Waals surface area contributed by atoms with Crippen LogP contribution in [0, 0.1) is 17.1 Å². The molecule has 132 valence electrons. The number of rotatable bonds is 5. The van der Waals surface area contributed by atoms with Crippen LogP contribution in [-0.4, -0.2) is 30.0 Å². The molecule has 0 spiro atoms. The second kappa shape index (κ2) is 6.84. The molecule has 3 rings (SSSR count). The summed E-state index contributed by atoms with van der Waals surface area (Å²) in [5.74, 6) is -0.312. The smallest absolute Gasteiger partial charge is 0.325 e. The van der Waals surface area contributed by atoms with Gasteiger partial charge in [0, 0.05) is 0 Å². The zero-order chi connectivity index (χ0) is 18.7. The molecule has 7 heteroatoms. The van der Waals surface area contributed by atoms with Gasteiger partial charge in [-0.1, -0.05) is 12.1 Å². The molecule has 0 bridgehead atoms. The van der Waals surface area contributed by atoms with Crippen LogP contribution in [0.25, 0.3) is 0 Å². The first-order valence-electron chi connectivity index (χ1n) is 7.97. The summed E-state index contributed by atoms with van der Waals surface area (Å²) in [5.41, 5.74) is -0.128. The minimum atomic E-state index is -1.19. The van der Waals surface area contributed by atoms with Crippen LogP contribution >= 0.6 is 0 Å². The third-order valence-electron chi connectivity index (χ3n) is 4.26. The van der Waals surface area contributed by atoms with Crippen molar-refractivity contribution >= 4 is 11.9 Å². The summed E-state index contributed by atoms with van der Waals surface area (Å²) < 4.78 is 18.3. The summed E-state index contributed by atoms with van der Waals surface area (Å²) in [6, 6.07) is 13.5. The van der Waals surface area contributed by atoms with Crippen molar-refractivity contribution in [2.24, 2.45) is 0 Å². The number of benzene rings is 2. The number of urea groups is 1. The molecule has 0 aliphatic carbocycles. The van der Waals surface area contributed by atoms with E-state index in [1.54, 1.807) is 31.2 Å². The number of amides is 3. The first-order valence-corrected chi connectivity index (χ1v) is 7.97. The quantitative estimate of drug-likeness (QED) is 0.838. The Balaban J connectivity index is 1.67. The van der Waals surface area contributed by atoms with E-state index in [4.69, 9.17) is 10.00 Å². The second-order valence-electron chi connectivity index (χ2n) is 6.00. The second-order valence-corrected chi connectivity index (χ2v) is 6.00. The molecule has 6 nitrogen and oxygen atoms in total. The Morgan fingerprint density at radius 3 is 2.42 bits per heavy atom. The zero-order valence-corrected chi connectivity index (χ0v) is 14.0. The van der Waals surface area contributed by atoms with Crippen LogP contribution in [-0.2, 0) is 10.3 Å². The number of hydrogen-bond acceptors (Lipinski definition) is 4. The molecule has 1 N–H and O–H groups in total. The van der Waals surface area contributed by atoms with Crippen LogP contribution in [0.3, 0.4) is 0 Å². The van der Waals surface area contributed by atoms with Gasteiger partial charge in [0.15, 0.2) is 0 Å². The molecular weight excluding hydrogens is 337 g/mol. The summed E-state index contributed by atoms with van der Waals surface area (Å²) in [7, 11) is 0. The fourth-order valence-corrected chi connectivity index (χ4v) is 2.76. The first-order chi connectivity index (χ1) is 12.4. The number of nitrogens with one attached hydrogen (secondary N) is 1. The van der Waals surface area contributed by atoms with E-state index < -0.39 is 17.5 Å². The van der Waals surface area contributed by atoms with Gasteiger partial charge in [-0.15, -0.1) is 0 Å². The van der Waals surface area contributed by atoms with Crippen LogP contribution in [0.2, 0.25) is 0 Å². The van der Waals surface area contributed by atoms with Crippen LogP contribution in [0.4, 0.5) is 9.18 Å². The van der Waals surface area contributed by atoms with Crippen LogP contribution < -0.4 is 10.1 Å². The lowest BCUT2D eigenvalue weighted by atomic mass is 9.91. The van der Waals surface area contributed by atoms with Crippen molar-refractivity contribution in [3.8, 4) is 11.8 Å². The van der Waals surface area contributed by atoms with Crippen molar-refractivity contribution < 1.29 is 18.7 Å². The van der Waals surface area contributed by atoms with Gasteiger partial charge in [0.2, 0.25) is 0 Å². The van der Waals surface area contributed by atoms with Gasteiger partial charge in [-0.3, -0.25) is 9.69 Å². The van der Waals surface area contributed by atoms with Crippen molar-refractivity contribution in [1.29, 1.82) is 5.26 Å². The number of nitriles is 1. The summed E-state index contributed by atoms with van der Waals surface area (Å²) in [5, 5.41) is 11.6. The number of carbonyl (C=O) groups is 2. The molecular formula is C19H16FN3O3. The highest BCUT2D eigenvalue weighted by molar-refractivity contribution is 6.07. The minimum Gasteiger partial charge on any atom is -0.492 e. The van der Waals surface area contributed by atoms with E-state index in [0.717, 1.165) is 4.90 Å². The van der Waals surface area contributed by atoms with Gasteiger partial charge in [0.1, 0.15) is 23.7 Å². The van der Waals surface area contributed by atoms with E-state index in [0.29, 0.717) is 16.9 Å². The number of carbonyl (C=O) groups excluding carboxylic acids is 2. The Morgan fingerprint density at radius 2 is 1.81 bits per heavy atom. The minimum absolute atomic E-state index is 0.0634. The van der Waals surface area contributed by atoms with Gasteiger partial charge in [-0.05, 0) is 48.9 Å². The molecule has 1 saturated heterocycles. The Labute approximate surface area is 149 Å². The third kappa shape index (κ3) is 3.22. The molecule has 0 aromatic heterocycles. The predicted octanol–water partition coefficient (Wildman–Crippen LogP) is 2.54. The molecule has 3 amide bonds. The van der Waals surface area contributed by atoms with Crippen molar-refractivity contribution in [2.75, 3.05) is 13.2 Å². The van der Waals surface area contributed by atoms with E-state index in [2.05, 4.69) is 5.32 Å². The maximum Gasteiger partial charge on any atom is 0.325 e. The molecule has 2 aromatic carbocycles. The van der Waals surface area contributed by atoms with E-state index >= 15 is 0 Å². The van der Waals surface area contributed by atoms with Gasteiger partial charge in [-0.2, -0.15) is 5.26 Å². The summed E-state index contributed by atoms with van der Waals surface area (Å²) >= 11 is 0. The first kappa shape index (κ1) is 17.4. The molecule has 0 unspecified atom stereocenters. The van der Waals surface area contributed by atoms with Gasteiger partial charge in [-0.25, -0.2) is 9.18 Å². The molecule has 0 radical (unpaired) electrons. The van der Waals surface area contributed by atoms with E-state index in [-0.39, 0.29) is 19.0 Å². The highest BCUT2D eigenvalue weighted by Gasteiger charge is 2.48. The van der Waals surface area contributed by atoms with Gasteiger partial charge >= 0.3 is 6.03 Å². The molecule has 1 fully saturated rings. The number of halogens is 1. The molecule has 1 heterocycles. The zero-order valence-electron chi connectivity index (χ0n) is 14.0. The fourth-order valence-electron chi connectivity index (χ4n) is 2.76.